The fraction of sp³-hybridized carbons (Fsp3) is 0.368. The zero-order valence-corrected chi connectivity index (χ0v) is 14.4. The van der Waals surface area contributed by atoms with Crippen LogP contribution in [0.4, 0.5) is 5.82 Å². The molecule has 0 radical (unpaired) electrons. The number of hydrogen-bond acceptors (Lipinski definition) is 5. The zero-order chi connectivity index (χ0) is 17.1. The predicted octanol–water partition coefficient (Wildman–Crippen LogP) is 2.74. The number of aromatic amines is 1. The van der Waals surface area contributed by atoms with Gasteiger partial charge in [-0.2, -0.15) is 0 Å². The Morgan fingerprint density at radius 3 is 2.84 bits per heavy atom. The van der Waals surface area contributed by atoms with Crippen molar-refractivity contribution in [3.63, 3.8) is 0 Å². The van der Waals surface area contributed by atoms with Crippen LogP contribution < -0.4 is 15.4 Å². The van der Waals surface area contributed by atoms with E-state index in [1.54, 1.807) is 13.4 Å². The van der Waals surface area contributed by atoms with Crippen LogP contribution in [0, 0.1) is 0 Å². The topological polar surface area (TPSA) is 74.9 Å². The van der Waals surface area contributed by atoms with Crippen LogP contribution in [0.5, 0.6) is 5.75 Å². The van der Waals surface area contributed by atoms with E-state index in [4.69, 9.17) is 4.74 Å². The number of benzene rings is 1. The zero-order valence-electron chi connectivity index (χ0n) is 14.4. The monoisotopic (exact) mass is 337 g/mol. The van der Waals surface area contributed by atoms with Gasteiger partial charge in [-0.05, 0) is 50.0 Å². The third-order valence-electron chi connectivity index (χ3n) is 5.02. The lowest BCUT2D eigenvalue weighted by atomic mass is 9.82. The van der Waals surface area contributed by atoms with E-state index < -0.39 is 0 Å². The number of nitrogens with zero attached hydrogens (tertiary/aromatic N) is 2. The molecule has 130 valence electrons. The molecular weight excluding hydrogens is 314 g/mol. The third-order valence-corrected chi connectivity index (χ3v) is 5.02. The second-order valence-corrected chi connectivity index (χ2v) is 6.61. The Labute approximate surface area is 147 Å². The van der Waals surface area contributed by atoms with Crippen molar-refractivity contribution in [3.8, 4) is 5.75 Å². The highest BCUT2D eigenvalue weighted by Crippen LogP contribution is 2.32. The summed E-state index contributed by atoms with van der Waals surface area (Å²) in [6, 6.07) is 10.3. The van der Waals surface area contributed by atoms with Crippen LogP contribution in [-0.4, -0.2) is 40.7 Å². The highest BCUT2D eigenvalue weighted by atomic mass is 16.5. The van der Waals surface area contributed by atoms with Crippen LogP contribution in [0.15, 0.2) is 42.9 Å². The van der Waals surface area contributed by atoms with Crippen molar-refractivity contribution >= 4 is 16.9 Å². The van der Waals surface area contributed by atoms with Gasteiger partial charge in [-0.25, -0.2) is 9.97 Å². The minimum absolute atomic E-state index is 0.0571. The van der Waals surface area contributed by atoms with E-state index in [2.05, 4.69) is 37.7 Å². The Morgan fingerprint density at radius 1 is 1.16 bits per heavy atom. The molecule has 3 heterocycles. The SMILES string of the molecule is COc1ccccc1CC1(Nc2ncnc3[nH]ccc23)CCNCC1. The van der Waals surface area contributed by atoms with Gasteiger partial charge in [0.25, 0.3) is 0 Å². The Morgan fingerprint density at radius 2 is 2.00 bits per heavy atom. The van der Waals surface area contributed by atoms with Gasteiger partial charge in [-0.15, -0.1) is 0 Å². The maximum absolute atomic E-state index is 5.57. The Kier molecular flexibility index (Phi) is 4.28. The molecule has 1 aliphatic heterocycles. The number of anilines is 1. The number of hydrogen-bond donors (Lipinski definition) is 3. The number of ether oxygens (including phenoxy) is 1. The average molecular weight is 337 g/mol. The molecule has 0 atom stereocenters. The van der Waals surface area contributed by atoms with Gasteiger partial charge in [-0.3, -0.25) is 0 Å². The van der Waals surface area contributed by atoms with E-state index in [9.17, 15) is 0 Å². The first-order valence-electron chi connectivity index (χ1n) is 8.69. The molecular formula is C19H23N5O. The lowest BCUT2D eigenvalue weighted by Crippen LogP contribution is -2.49. The fourth-order valence-electron chi connectivity index (χ4n) is 3.69. The largest absolute Gasteiger partial charge is 0.496 e. The van der Waals surface area contributed by atoms with Gasteiger partial charge in [0, 0.05) is 11.7 Å². The third kappa shape index (κ3) is 3.17. The molecule has 0 bridgehead atoms. The number of methoxy groups -OCH3 is 1. The van der Waals surface area contributed by atoms with Gasteiger partial charge in [0.05, 0.1) is 12.5 Å². The number of aromatic nitrogens is 3. The summed E-state index contributed by atoms with van der Waals surface area (Å²) in [5, 5.41) is 8.25. The molecule has 3 N–H and O–H groups in total. The summed E-state index contributed by atoms with van der Waals surface area (Å²) < 4.78 is 5.57. The van der Waals surface area contributed by atoms with Gasteiger partial charge in [0.15, 0.2) is 0 Å². The van der Waals surface area contributed by atoms with Gasteiger partial charge < -0.3 is 20.4 Å². The van der Waals surface area contributed by atoms with Crippen molar-refractivity contribution in [2.24, 2.45) is 0 Å². The van der Waals surface area contributed by atoms with Crippen molar-refractivity contribution in [3.05, 3.63) is 48.4 Å². The van der Waals surface area contributed by atoms with E-state index >= 15 is 0 Å². The summed E-state index contributed by atoms with van der Waals surface area (Å²) in [4.78, 5) is 12.0. The molecule has 1 aromatic carbocycles. The van der Waals surface area contributed by atoms with Crippen LogP contribution in [0.3, 0.4) is 0 Å². The lowest BCUT2D eigenvalue weighted by molar-refractivity contribution is 0.329. The second-order valence-electron chi connectivity index (χ2n) is 6.61. The molecule has 0 aliphatic carbocycles. The summed E-state index contributed by atoms with van der Waals surface area (Å²) in [6.07, 6.45) is 6.47. The molecule has 1 fully saturated rings. The summed E-state index contributed by atoms with van der Waals surface area (Å²) in [7, 11) is 1.73. The van der Waals surface area contributed by atoms with E-state index in [1.165, 1.54) is 5.56 Å². The number of piperidine rings is 1. The fourth-order valence-corrected chi connectivity index (χ4v) is 3.69. The first-order chi connectivity index (χ1) is 12.3. The van der Waals surface area contributed by atoms with Crippen molar-refractivity contribution in [1.29, 1.82) is 0 Å². The Hall–Kier alpha value is -2.60. The van der Waals surface area contributed by atoms with E-state index in [1.807, 2.05) is 24.4 Å². The molecule has 4 rings (SSSR count). The van der Waals surface area contributed by atoms with Crippen molar-refractivity contribution < 1.29 is 4.74 Å². The van der Waals surface area contributed by atoms with Crippen LogP contribution in [0.2, 0.25) is 0 Å². The highest BCUT2D eigenvalue weighted by molar-refractivity contribution is 5.87. The quantitative estimate of drug-likeness (QED) is 0.667. The second kappa shape index (κ2) is 6.72. The molecule has 25 heavy (non-hydrogen) atoms. The van der Waals surface area contributed by atoms with Crippen molar-refractivity contribution in [2.45, 2.75) is 24.8 Å². The average Bonchev–Trinajstić information content (AvgIpc) is 3.13. The molecule has 0 saturated carbocycles. The molecule has 3 aromatic rings. The summed E-state index contributed by atoms with van der Waals surface area (Å²) in [5.74, 6) is 1.83. The first-order valence-corrected chi connectivity index (χ1v) is 8.69. The maximum Gasteiger partial charge on any atom is 0.142 e. The molecule has 1 saturated heterocycles. The standard InChI is InChI=1S/C19H23N5O/c1-25-16-5-3-2-4-14(16)12-19(7-10-20-11-8-19)24-18-15-6-9-21-17(15)22-13-23-18/h2-6,9,13,20H,7-8,10-12H2,1H3,(H2,21,22,23,24). The van der Waals surface area contributed by atoms with E-state index in [0.29, 0.717) is 0 Å². The number of H-pyrrole nitrogens is 1. The molecule has 6 heteroatoms. The van der Waals surface area contributed by atoms with E-state index in [-0.39, 0.29) is 5.54 Å². The molecule has 6 nitrogen and oxygen atoms in total. The van der Waals surface area contributed by atoms with E-state index in [0.717, 1.165) is 55.0 Å². The van der Waals surface area contributed by atoms with Gasteiger partial charge >= 0.3 is 0 Å². The minimum atomic E-state index is -0.0571. The molecule has 2 aromatic heterocycles. The first kappa shape index (κ1) is 15.9. The molecule has 0 amide bonds. The summed E-state index contributed by atoms with van der Waals surface area (Å²) in [5.41, 5.74) is 2.02. The van der Waals surface area contributed by atoms with Crippen LogP contribution in [0.1, 0.15) is 18.4 Å². The molecule has 0 unspecified atom stereocenters. The maximum atomic E-state index is 5.57. The van der Waals surface area contributed by atoms with Gasteiger partial charge in [0.2, 0.25) is 0 Å². The lowest BCUT2D eigenvalue weighted by Gasteiger charge is -2.39. The summed E-state index contributed by atoms with van der Waals surface area (Å²) in [6.45, 7) is 1.98. The Balaban J connectivity index is 1.69. The Bertz CT molecular complexity index is 854. The normalized spacial score (nSPS) is 16.7. The minimum Gasteiger partial charge on any atom is -0.496 e. The van der Waals surface area contributed by atoms with Crippen molar-refractivity contribution in [2.75, 3.05) is 25.5 Å². The van der Waals surface area contributed by atoms with Crippen LogP contribution >= 0.6 is 0 Å². The number of fused-ring (bicyclic) bond motifs is 1. The van der Waals surface area contributed by atoms with Crippen LogP contribution in [0.25, 0.3) is 11.0 Å². The van der Waals surface area contributed by atoms with Crippen molar-refractivity contribution in [1.82, 2.24) is 20.3 Å². The summed E-state index contributed by atoms with van der Waals surface area (Å²) >= 11 is 0. The molecule has 0 spiro atoms. The highest BCUT2D eigenvalue weighted by Gasteiger charge is 2.33. The molecule has 1 aliphatic rings. The number of para-hydroxylation sites is 1. The van der Waals surface area contributed by atoms with Crippen LogP contribution in [-0.2, 0) is 6.42 Å². The van der Waals surface area contributed by atoms with Gasteiger partial charge in [-0.1, -0.05) is 18.2 Å². The predicted molar refractivity (Wildman–Crippen MR) is 99.0 cm³/mol. The smallest absolute Gasteiger partial charge is 0.142 e. The number of rotatable bonds is 5. The number of nitrogens with one attached hydrogen (secondary N) is 3. The van der Waals surface area contributed by atoms with Gasteiger partial charge in [0.1, 0.15) is 23.5 Å².